The number of hydrogen-bond donors (Lipinski definition) is 1. The minimum Gasteiger partial charge on any atom is -0.444 e. The number of morpholine rings is 1. The molecule has 8 heteroatoms. The number of rotatable bonds is 7. The predicted octanol–water partition coefficient (Wildman–Crippen LogP) is 5.45. The Kier molecular flexibility index (Phi) is 6.44. The molecule has 1 aliphatic heterocycles. The smallest absolute Gasteiger partial charge is 0.230 e. The van der Waals surface area contributed by atoms with Gasteiger partial charge in [-0.2, -0.15) is 0 Å². The third kappa shape index (κ3) is 4.80. The summed E-state index contributed by atoms with van der Waals surface area (Å²) in [5.74, 6) is 0. The van der Waals surface area contributed by atoms with Gasteiger partial charge in [0.15, 0.2) is 0 Å². The Bertz CT molecular complexity index is 1280. The number of pyridine rings is 1. The number of para-hydroxylation sites is 1. The van der Waals surface area contributed by atoms with Gasteiger partial charge in [0.05, 0.1) is 40.5 Å². The highest BCUT2D eigenvalue weighted by atomic mass is 35.5. The Morgan fingerprint density at radius 2 is 1.94 bits per heavy atom. The zero-order chi connectivity index (χ0) is 22.6. The number of fused-ring (bicyclic) bond motifs is 2. The number of benzene rings is 2. The fourth-order valence-electron chi connectivity index (χ4n) is 3.92. The number of anilines is 2. The number of ether oxygens (including phenoxy) is 1. The van der Waals surface area contributed by atoms with Gasteiger partial charge in [-0.3, -0.25) is 4.90 Å². The molecule has 2 aromatic heterocycles. The van der Waals surface area contributed by atoms with E-state index >= 15 is 0 Å². The van der Waals surface area contributed by atoms with E-state index in [0.29, 0.717) is 17.3 Å². The first-order valence-electron chi connectivity index (χ1n) is 11.0. The van der Waals surface area contributed by atoms with Crippen LogP contribution in [0.3, 0.4) is 0 Å². The molecule has 0 saturated carbocycles. The molecule has 1 N–H and O–H groups in total. The molecule has 0 radical (unpaired) electrons. The summed E-state index contributed by atoms with van der Waals surface area (Å²) < 4.78 is 10.9. The zero-order valence-electron chi connectivity index (χ0n) is 18.4. The summed E-state index contributed by atoms with van der Waals surface area (Å²) in [6.45, 7) is 6.84. The van der Waals surface area contributed by atoms with Gasteiger partial charge in [0.25, 0.3) is 0 Å². The first kappa shape index (κ1) is 21.7. The van der Waals surface area contributed by atoms with Gasteiger partial charge in [-0.25, -0.2) is 4.98 Å². The van der Waals surface area contributed by atoms with Crippen molar-refractivity contribution in [3.63, 3.8) is 0 Å². The van der Waals surface area contributed by atoms with Crippen molar-refractivity contribution >= 4 is 50.7 Å². The molecule has 0 bridgehead atoms. The molecule has 1 fully saturated rings. The molecule has 1 aliphatic rings. The fraction of sp³-hybridized carbons (Fsp3) is 0.280. The standard InChI is InChI=1S/C25H25ClN4O3/c1-17(29-33-15-12-30-10-13-31-14-11-30)18-6-8-19(9-7-18)27-24-20-4-2-3-5-22(20)28-25-23(24)21(26)16-32-25/h2-9,16H,10-15H2,1H3,(H,27,28). The summed E-state index contributed by atoms with van der Waals surface area (Å²) in [4.78, 5) is 12.4. The molecule has 170 valence electrons. The van der Waals surface area contributed by atoms with E-state index in [1.807, 2.05) is 55.5 Å². The van der Waals surface area contributed by atoms with Crippen LogP contribution in [-0.4, -0.2) is 55.1 Å². The largest absolute Gasteiger partial charge is 0.444 e. The van der Waals surface area contributed by atoms with Gasteiger partial charge in [-0.1, -0.05) is 47.1 Å². The lowest BCUT2D eigenvalue weighted by Crippen LogP contribution is -2.38. The normalized spacial score (nSPS) is 15.3. The molecular formula is C25H25ClN4O3. The quantitative estimate of drug-likeness (QED) is 0.223. The molecule has 2 aromatic carbocycles. The van der Waals surface area contributed by atoms with Crippen LogP contribution in [0, 0.1) is 0 Å². The first-order chi connectivity index (χ1) is 16.2. The summed E-state index contributed by atoms with van der Waals surface area (Å²) >= 11 is 6.41. The molecule has 0 amide bonds. The van der Waals surface area contributed by atoms with E-state index < -0.39 is 0 Å². The maximum atomic E-state index is 6.41. The van der Waals surface area contributed by atoms with Crippen molar-refractivity contribution in [2.24, 2.45) is 5.16 Å². The lowest BCUT2D eigenvalue weighted by atomic mass is 10.1. The summed E-state index contributed by atoms with van der Waals surface area (Å²) in [6, 6.07) is 16.0. The zero-order valence-corrected chi connectivity index (χ0v) is 19.1. The molecule has 0 aliphatic carbocycles. The van der Waals surface area contributed by atoms with Crippen LogP contribution >= 0.6 is 11.6 Å². The van der Waals surface area contributed by atoms with E-state index in [1.54, 1.807) is 0 Å². The van der Waals surface area contributed by atoms with E-state index in [9.17, 15) is 0 Å². The number of nitrogens with one attached hydrogen (secondary N) is 1. The van der Waals surface area contributed by atoms with Gasteiger partial charge >= 0.3 is 0 Å². The van der Waals surface area contributed by atoms with Crippen LogP contribution in [0.25, 0.3) is 22.0 Å². The van der Waals surface area contributed by atoms with Crippen molar-refractivity contribution in [1.82, 2.24) is 9.88 Å². The maximum absolute atomic E-state index is 6.41. The number of oxime groups is 1. The van der Waals surface area contributed by atoms with Crippen LogP contribution in [0.5, 0.6) is 0 Å². The summed E-state index contributed by atoms with van der Waals surface area (Å²) in [5, 5.41) is 10.1. The Labute approximate surface area is 196 Å². The van der Waals surface area contributed by atoms with Crippen LogP contribution in [-0.2, 0) is 9.57 Å². The fourth-order valence-corrected chi connectivity index (χ4v) is 4.14. The minimum atomic E-state index is 0.509. The lowest BCUT2D eigenvalue weighted by molar-refractivity contribution is 0.0212. The molecule has 5 rings (SSSR count). The summed E-state index contributed by atoms with van der Waals surface area (Å²) in [6.07, 6.45) is 1.52. The number of halogens is 1. The highest BCUT2D eigenvalue weighted by Gasteiger charge is 2.15. The van der Waals surface area contributed by atoms with Crippen molar-refractivity contribution in [1.29, 1.82) is 0 Å². The van der Waals surface area contributed by atoms with Crippen molar-refractivity contribution in [2.75, 3.05) is 44.8 Å². The van der Waals surface area contributed by atoms with Crippen molar-refractivity contribution in [3.8, 4) is 0 Å². The van der Waals surface area contributed by atoms with Crippen molar-refractivity contribution in [3.05, 3.63) is 65.4 Å². The summed E-state index contributed by atoms with van der Waals surface area (Å²) in [5.41, 5.74) is 4.98. The van der Waals surface area contributed by atoms with Crippen LogP contribution in [0.15, 0.2) is 64.4 Å². The molecule has 1 saturated heterocycles. The molecule has 33 heavy (non-hydrogen) atoms. The second kappa shape index (κ2) is 9.79. The van der Waals surface area contributed by atoms with Gasteiger partial charge in [-0.05, 0) is 30.7 Å². The van der Waals surface area contributed by atoms with Gasteiger partial charge < -0.3 is 19.3 Å². The highest BCUT2D eigenvalue weighted by molar-refractivity contribution is 6.37. The Morgan fingerprint density at radius 1 is 1.15 bits per heavy atom. The van der Waals surface area contributed by atoms with Gasteiger partial charge in [-0.15, -0.1) is 0 Å². The van der Waals surface area contributed by atoms with E-state index in [2.05, 4.69) is 20.4 Å². The first-order valence-corrected chi connectivity index (χ1v) is 11.4. The van der Waals surface area contributed by atoms with Crippen LogP contribution in [0.2, 0.25) is 5.02 Å². The third-order valence-electron chi connectivity index (χ3n) is 5.75. The molecule has 0 unspecified atom stereocenters. The molecule has 3 heterocycles. The molecule has 0 spiro atoms. The molecule has 7 nitrogen and oxygen atoms in total. The Hall–Kier alpha value is -3.13. The predicted molar refractivity (Wildman–Crippen MR) is 132 cm³/mol. The molecule has 0 atom stereocenters. The van der Waals surface area contributed by atoms with Gasteiger partial charge in [0.1, 0.15) is 12.9 Å². The van der Waals surface area contributed by atoms with Gasteiger partial charge in [0, 0.05) is 30.7 Å². The van der Waals surface area contributed by atoms with E-state index in [4.69, 9.17) is 25.6 Å². The second-order valence-corrected chi connectivity index (χ2v) is 8.34. The maximum Gasteiger partial charge on any atom is 0.230 e. The number of nitrogens with zero attached hydrogens (tertiary/aromatic N) is 3. The highest BCUT2D eigenvalue weighted by Crippen LogP contribution is 2.38. The van der Waals surface area contributed by atoms with Crippen molar-refractivity contribution in [2.45, 2.75) is 6.92 Å². The average Bonchev–Trinajstić information content (AvgIpc) is 3.23. The summed E-state index contributed by atoms with van der Waals surface area (Å²) in [7, 11) is 0. The lowest BCUT2D eigenvalue weighted by Gasteiger charge is -2.25. The average molecular weight is 465 g/mol. The second-order valence-electron chi connectivity index (χ2n) is 7.93. The molecule has 4 aromatic rings. The topological polar surface area (TPSA) is 72.1 Å². The van der Waals surface area contributed by atoms with E-state index in [0.717, 1.165) is 71.8 Å². The number of aromatic nitrogens is 1. The number of furan rings is 1. The monoisotopic (exact) mass is 464 g/mol. The van der Waals surface area contributed by atoms with Gasteiger partial charge in [0.2, 0.25) is 5.71 Å². The SMILES string of the molecule is CC(=NOCCN1CCOCC1)c1ccc(Nc2c3ccccc3nc3occ(Cl)c23)cc1. The third-order valence-corrected chi connectivity index (χ3v) is 6.03. The van der Waals surface area contributed by atoms with Crippen LogP contribution < -0.4 is 5.32 Å². The minimum absolute atomic E-state index is 0.509. The van der Waals surface area contributed by atoms with E-state index in [-0.39, 0.29) is 0 Å². The van der Waals surface area contributed by atoms with Crippen molar-refractivity contribution < 1.29 is 14.0 Å². The van der Waals surface area contributed by atoms with Crippen LogP contribution in [0.4, 0.5) is 11.4 Å². The Morgan fingerprint density at radius 3 is 2.76 bits per heavy atom. The van der Waals surface area contributed by atoms with E-state index in [1.165, 1.54) is 6.26 Å². The van der Waals surface area contributed by atoms with Crippen LogP contribution in [0.1, 0.15) is 12.5 Å². The number of hydrogen-bond acceptors (Lipinski definition) is 7. The Balaban J connectivity index is 1.30. The molecular weight excluding hydrogens is 440 g/mol.